The van der Waals surface area contributed by atoms with Gasteiger partial charge < -0.3 is 20.5 Å². The number of carbonyl (C=O) groups is 3. The maximum atomic E-state index is 12.6. The molecule has 7 nitrogen and oxygen atoms in total. The lowest BCUT2D eigenvalue weighted by Gasteiger charge is -2.20. The van der Waals surface area contributed by atoms with E-state index in [1.54, 1.807) is 0 Å². The molecule has 0 heterocycles. The number of carboxylic acids is 1. The summed E-state index contributed by atoms with van der Waals surface area (Å²) in [7, 11) is 0. The number of alkyl carbamates (subject to hydrolysis) is 1. The van der Waals surface area contributed by atoms with Gasteiger partial charge in [0.2, 0.25) is 5.91 Å². The monoisotopic (exact) mass is 478 g/mol. The molecular weight excluding hydrogens is 444 g/mol. The molecule has 1 unspecified atom stereocenters. The predicted molar refractivity (Wildman–Crippen MR) is 133 cm³/mol. The second-order valence-corrected chi connectivity index (χ2v) is 9.68. The average Bonchev–Trinajstić information content (AvgIpc) is 3.61. The number of carboxylic acid groups (broad SMARTS) is 1. The number of fused-ring (bicyclic) bond motifs is 3. The van der Waals surface area contributed by atoms with Crippen LogP contribution in [0.15, 0.2) is 48.5 Å². The van der Waals surface area contributed by atoms with Crippen molar-refractivity contribution in [2.75, 3.05) is 13.2 Å². The third kappa shape index (κ3) is 6.41. The lowest BCUT2D eigenvalue weighted by atomic mass is 9.98. The smallest absolute Gasteiger partial charge is 0.407 e. The first-order chi connectivity index (χ1) is 17.0. The van der Waals surface area contributed by atoms with Gasteiger partial charge in [0.25, 0.3) is 0 Å². The number of nitrogens with one attached hydrogen (secondary N) is 2. The van der Waals surface area contributed by atoms with Crippen molar-refractivity contribution in [1.29, 1.82) is 0 Å². The number of aliphatic carboxylic acids is 1. The quantitative estimate of drug-likeness (QED) is 0.410. The summed E-state index contributed by atoms with van der Waals surface area (Å²) in [6.07, 6.45) is 3.71. The first-order valence-corrected chi connectivity index (χ1v) is 12.6. The van der Waals surface area contributed by atoms with Gasteiger partial charge in [-0.25, -0.2) is 4.79 Å². The van der Waals surface area contributed by atoms with E-state index in [9.17, 15) is 19.5 Å². The van der Waals surface area contributed by atoms with Gasteiger partial charge in [-0.15, -0.1) is 0 Å². The summed E-state index contributed by atoms with van der Waals surface area (Å²) in [5, 5.41) is 15.0. The fourth-order valence-electron chi connectivity index (χ4n) is 4.94. The molecule has 2 aliphatic carbocycles. The molecule has 2 aromatic rings. The zero-order chi connectivity index (χ0) is 24.8. The number of rotatable bonds is 12. The molecule has 7 heteroatoms. The van der Waals surface area contributed by atoms with Gasteiger partial charge in [0.05, 0.1) is 5.92 Å². The van der Waals surface area contributed by atoms with Crippen LogP contribution in [0.4, 0.5) is 4.79 Å². The van der Waals surface area contributed by atoms with E-state index < -0.39 is 18.0 Å². The van der Waals surface area contributed by atoms with Crippen LogP contribution in [0.3, 0.4) is 0 Å². The third-order valence-corrected chi connectivity index (χ3v) is 6.94. The molecule has 35 heavy (non-hydrogen) atoms. The van der Waals surface area contributed by atoms with Crippen molar-refractivity contribution in [1.82, 2.24) is 10.6 Å². The van der Waals surface area contributed by atoms with Gasteiger partial charge in [0.15, 0.2) is 0 Å². The highest BCUT2D eigenvalue weighted by Gasteiger charge is 2.31. The Hall–Kier alpha value is -3.35. The van der Waals surface area contributed by atoms with Gasteiger partial charge in [-0.05, 0) is 41.0 Å². The lowest BCUT2D eigenvalue weighted by molar-refractivity contribution is -0.142. The van der Waals surface area contributed by atoms with Crippen LogP contribution in [0.1, 0.15) is 62.5 Å². The summed E-state index contributed by atoms with van der Waals surface area (Å²) in [4.78, 5) is 36.6. The molecule has 2 amide bonds. The number of hydrogen-bond donors (Lipinski definition) is 3. The van der Waals surface area contributed by atoms with E-state index in [0.717, 1.165) is 30.4 Å². The van der Waals surface area contributed by atoms with E-state index in [2.05, 4.69) is 34.9 Å². The van der Waals surface area contributed by atoms with Crippen LogP contribution in [0.2, 0.25) is 0 Å². The number of amides is 2. The van der Waals surface area contributed by atoms with Crippen LogP contribution >= 0.6 is 0 Å². The predicted octanol–water partition coefficient (Wildman–Crippen LogP) is 4.70. The highest BCUT2D eigenvalue weighted by atomic mass is 16.5. The molecule has 0 saturated heterocycles. The van der Waals surface area contributed by atoms with E-state index in [-0.39, 0.29) is 37.4 Å². The van der Waals surface area contributed by atoms with Crippen molar-refractivity contribution < 1.29 is 24.2 Å². The number of carbonyl (C=O) groups excluding carboxylic acids is 2. The molecule has 0 radical (unpaired) electrons. The Morgan fingerprint density at radius 2 is 1.66 bits per heavy atom. The Morgan fingerprint density at radius 3 is 2.23 bits per heavy atom. The average molecular weight is 479 g/mol. The van der Waals surface area contributed by atoms with Crippen molar-refractivity contribution in [3.63, 3.8) is 0 Å². The minimum Gasteiger partial charge on any atom is -0.481 e. The summed E-state index contributed by atoms with van der Waals surface area (Å²) < 4.78 is 5.62. The standard InChI is InChI=1S/C28H34N2O5/c1-2-7-20(15-26(31)29-16-19(27(32)33)14-18-12-13-18)30-28(34)35-17-25-23-10-5-3-8-21(23)22-9-4-6-11-24(22)25/h3-6,8-11,18-20,25H,2,7,12-17H2,1H3,(H,29,31)(H,30,34)(H,32,33)/t19?,20-/m0/s1. The van der Waals surface area contributed by atoms with Gasteiger partial charge in [0.1, 0.15) is 6.61 Å². The van der Waals surface area contributed by atoms with Gasteiger partial charge in [-0.3, -0.25) is 9.59 Å². The van der Waals surface area contributed by atoms with Gasteiger partial charge in [-0.2, -0.15) is 0 Å². The van der Waals surface area contributed by atoms with Gasteiger partial charge >= 0.3 is 12.1 Å². The van der Waals surface area contributed by atoms with Crippen LogP contribution in [-0.2, 0) is 14.3 Å². The molecule has 0 aliphatic heterocycles. The molecule has 0 bridgehead atoms. The van der Waals surface area contributed by atoms with Crippen LogP contribution in [0.5, 0.6) is 0 Å². The van der Waals surface area contributed by atoms with Crippen LogP contribution in [0.25, 0.3) is 11.1 Å². The fraction of sp³-hybridized carbons (Fsp3) is 0.464. The molecule has 0 aromatic heterocycles. The highest BCUT2D eigenvalue weighted by molar-refractivity contribution is 5.80. The van der Waals surface area contributed by atoms with E-state index in [0.29, 0.717) is 18.8 Å². The molecule has 4 rings (SSSR count). The molecule has 2 aromatic carbocycles. The zero-order valence-corrected chi connectivity index (χ0v) is 20.2. The zero-order valence-electron chi connectivity index (χ0n) is 20.2. The Bertz CT molecular complexity index is 1020. The van der Waals surface area contributed by atoms with Crippen molar-refractivity contribution in [2.45, 2.75) is 57.4 Å². The van der Waals surface area contributed by atoms with Crippen LogP contribution in [-0.4, -0.2) is 42.3 Å². The Balaban J connectivity index is 1.29. The van der Waals surface area contributed by atoms with Crippen molar-refractivity contribution in [3.8, 4) is 11.1 Å². The molecule has 2 aliphatic rings. The van der Waals surface area contributed by atoms with E-state index in [4.69, 9.17) is 4.74 Å². The number of benzene rings is 2. The first kappa shape index (κ1) is 24.8. The van der Waals surface area contributed by atoms with Crippen molar-refractivity contribution in [2.24, 2.45) is 11.8 Å². The SMILES string of the molecule is CCC[C@@H](CC(=O)NCC(CC1CC1)C(=O)O)NC(=O)OCC1c2ccccc2-c2ccccc21. The van der Waals surface area contributed by atoms with Crippen molar-refractivity contribution in [3.05, 3.63) is 59.7 Å². The van der Waals surface area contributed by atoms with E-state index >= 15 is 0 Å². The summed E-state index contributed by atoms with van der Waals surface area (Å²) in [6.45, 7) is 2.32. The maximum absolute atomic E-state index is 12.6. The fourth-order valence-corrected chi connectivity index (χ4v) is 4.94. The topological polar surface area (TPSA) is 105 Å². The number of ether oxygens (including phenoxy) is 1. The van der Waals surface area contributed by atoms with Crippen LogP contribution in [0, 0.1) is 11.8 Å². The summed E-state index contributed by atoms with van der Waals surface area (Å²) in [5.74, 6) is -1.26. The minimum absolute atomic E-state index is 0.0273. The minimum atomic E-state index is -0.876. The summed E-state index contributed by atoms with van der Waals surface area (Å²) in [5.41, 5.74) is 4.62. The Morgan fingerprint density at radius 1 is 1.03 bits per heavy atom. The molecule has 2 atom stereocenters. The van der Waals surface area contributed by atoms with Crippen LogP contribution < -0.4 is 10.6 Å². The summed E-state index contributed by atoms with van der Waals surface area (Å²) in [6, 6.07) is 15.9. The maximum Gasteiger partial charge on any atom is 0.407 e. The molecule has 1 fully saturated rings. The summed E-state index contributed by atoms with van der Waals surface area (Å²) >= 11 is 0. The molecule has 3 N–H and O–H groups in total. The van der Waals surface area contributed by atoms with Gasteiger partial charge in [-0.1, -0.05) is 74.7 Å². The molecule has 1 saturated carbocycles. The third-order valence-electron chi connectivity index (χ3n) is 6.94. The van der Waals surface area contributed by atoms with E-state index in [1.807, 2.05) is 31.2 Å². The lowest BCUT2D eigenvalue weighted by Crippen LogP contribution is -2.41. The molecule has 0 spiro atoms. The van der Waals surface area contributed by atoms with Crippen molar-refractivity contribution >= 4 is 18.0 Å². The second-order valence-electron chi connectivity index (χ2n) is 9.68. The second kappa shape index (κ2) is 11.4. The Labute approximate surface area is 206 Å². The Kier molecular flexibility index (Phi) is 8.06. The molecular formula is C28H34N2O5. The largest absolute Gasteiger partial charge is 0.481 e. The normalized spacial score (nSPS) is 16.0. The highest BCUT2D eigenvalue weighted by Crippen LogP contribution is 2.44. The van der Waals surface area contributed by atoms with Gasteiger partial charge in [0, 0.05) is 24.9 Å². The first-order valence-electron chi connectivity index (χ1n) is 12.6. The number of hydrogen-bond acceptors (Lipinski definition) is 4. The van der Waals surface area contributed by atoms with E-state index in [1.165, 1.54) is 11.1 Å². The molecule has 186 valence electrons.